The summed E-state index contributed by atoms with van der Waals surface area (Å²) < 4.78 is 5.51. The SMILES string of the molecule is Clc1ccccc1NCCc1ccc2c(c1)CCO2. The quantitative estimate of drug-likeness (QED) is 0.911. The molecule has 0 atom stereocenters. The fraction of sp³-hybridized carbons (Fsp3) is 0.250. The number of para-hydroxylation sites is 1. The number of nitrogens with one attached hydrogen (secondary N) is 1. The van der Waals surface area contributed by atoms with Crippen LogP contribution in [0.1, 0.15) is 11.1 Å². The van der Waals surface area contributed by atoms with Gasteiger partial charge in [-0.2, -0.15) is 0 Å². The zero-order chi connectivity index (χ0) is 13.1. The first-order valence-corrected chi connectivity index (χ1v) is 6.94. The Balaban J connectivity index is 1.59. The topological polar surface area (TPSA) is 21.3 Å². The van der Waals surface area contributed by atoms with E-state index in [1.54, 1.807) is 0 Å². The van der Waals surface area contributed by atoms with Crippen molar-refractivity contribution in [2.75, 3.05) is 18.5 Å². The molecule has 2 aromatic carbocycles. The molecule has 0 unspecified atom stereocenters. The van der Waals surface area contributed by atoms with E-state index in [4.69, 9.17) is 16.3 Å². The standard InChI is InChI=1S/C16H16ClNO/c17-14-3-1-2-4-15(14)18-9-7-12-5-6-16-13(11-12)8-10-19-16/h1-6,11,18H,7-10H2. The van der Waals surface area contributed by atoms with Crippen LogP contribution >= 0.6 is 11.6 Å². The summed E-state index contributed by atoms with van der Waals surface area (Å²) in [5.74, 6) is 1.04. The highest BCUT2D eigenvalue weighted by atomic mass is 35.5. The van der Waals surface area contributed by atoms with Gasteiger partial charge in [-0.05, 0) is 35.7 Å². The number of anilines is 1. The molecule has 1 N–H and O–H groups in total. The van der Waals surface area contributed by atoms with E-state index in [-0.39, 0.29) is 0 Å². The summed E-state index contributed by atoms with van der Waals surface area (Å²) in [7, 11) is 0. The smallest absolute Gasteiger partial charge is 0.122 e. The van der Waals surface area contributed by atoms with E-state index < -0.39 is 0 Å². The van der Waals surface area contributed by atoms with E-state index in [0.717, 1.165) is 42.5 Å². The summed E-state index contributed by atoms with van der Waals surface area (Å²) in [4.78, 5) is 0. The zero-order valence-corrected chi connectivity index (χ0v) is 11.4. The minimum atomic E-state index is 0.768. The van der Waals surface area contributed by atoms with E-state index in [2.05, 4.69) is 23.5 Å². The Labute approximate surface area is 118 Å². The van der Waals surface area contributed by atoms with Crippen molar-refractivity contribution in [2.24, 2.45) is 0 Å². The zero-order valence-electron chi connectivity index (χ0n) is 10.7. The fourth-order valence-electron chi connectivity index (χ4n) is 2.34. The third-order valence-corrected chi connectivity index (χ3v) is 3.69. The van der Waals surface area contributed by atoms with Gasteiger partial charge in [0.1, 0.15) is 5.75 Å². The minimum absolute atomic E-state index is 0.768. The van der Waals surface area contributed by atoms with E-state index >= 15 is 0 Å². The molecule has 19 heavy (non-hydrogen) atoms. The van der Waals surface area contributed by atoms with Gasteiger partial charge in [-0.3, -0.25) is 0 Å². The van der Waals surface area contributed by atoms with Crippen molar-refractivity contribution < 1.29 is 4.74 Å². The second kappa shape index (κ2) is 5.54. The predicted molar refractivity (Wildman–Crippen MR) is 79.3 cm³/mol. The molecular formula is C16H16ClNO. The molecule has 0 fully saturated rings. The summed E-state index contributed by atoms with van der Waals surface area (Å²) in [6.07, 6.45) is 2.01. The lowest BCUT2D eigenvalue weighted by molar-refractivity contribution is 0.357. The number of ether oxygens (including phenoxy) is 1. The van der Waals surface area contributed by atoms with Gasteiger partial charge in [0, 0.05) is 13.0 Å². The molecule has 0 saturated carbocycles. The number of halogens is 1. The van der Waals surface area contributed by atoms with Gasteiger partial charge in [-0.15, -0.1) is 0 Å². The monoisotopic (exact) mass is 273 g/mol. The van der Waals surface area contributed by atoms with Crippen molar-refractivity contribution in [3.63, 3.8) is 0 Å². The van der Waals surface area contributed by atoms with Crippen molar-refractivity contribution >= 4 is 17.3 Å². The molecule has 98 valence electrons. The van der Waals surface area contributed by atoms with Crippen LogP contribution in [0.5, 0.6) is 5.75 Å². The van der Waals surface area contributed by atoms with Crippen LogP contribution < -0.4 is 10.1 Å². The highest BCUT2D eigenvalue weighted by Crippen LogP contribution is 2.26. The lowest BCUT2D eigenvalue weighted by Crippen LogP contribution is -2.05. The second-order valence-electron chi connectivity index (χ2n) is 4.70. The number of rotatable bonds is 4. The van der Waals surface area contributed by atoms with E-state index in [9.17, 15) is 0 Å². The first-order chi connectivity index (χ1) is 9.33. The molecule has 0 amide bonds. The van der Waals surface area contributed by atoms with Gasteiger partial charge in [-0.25, -0.2) is 0 Å². The van der Waals surface area contributed by atoms with Gasteiger partial charge in [0.25, 0.3) is 0 Å². The molecule has 0 aliphatic carbocycles. The molecule has 1 aliphatic rings. The third kappa shape index (κ3) is 2.85. The van der Waals surface area contributed by atoms with Crippen LogP contribution in [0.4, 0.5) is 5.69 Å². The summed E-state index contributed by atoms with van der Waals surface area (Å²) in [5.41, 5.74) is 3.66. The molecule has 0 aromatic heterocycles. The lowest BCUT2D eigenvalue weighted by atomic mass is 10.1. The van der Waals surface area contributed by atoms with E-state index in [1.807, 2.05) is 24.3 Å². The van der Waals surface area contributed by atoms with Crippen molar-refractivity contribution in [1.82, 2.24) is 0 Å². The Kier molecular flexibility index (Phi) is 3.60. The summed E-state index contributed by atoms with van der Waals surface area (Å²) >= 11 is 6.10. The first-order valence-electron chi connectivity index (χ1n) is 6.56. The fourth-order valence-corrected chi connectivity index (χ4v) is 2.54. The van der Waals surface area contributed by atoms with E-state index in [0.29, 0.717) is 0 Å². The van der Waals surface area contributed by atoms with Gasteiger partial charge in [0.05, 0.1) is 17.3 Å². The Bertz CT molecular complexity index is 583. The molecule has 1 heterocycles. The maximum atomic E-state index is 6.10. The molecule has 0 bridgehead atoms. The Hall–Kier alpha value is -1.67. The highest BCUT2D eigenvalue weighted by molar-refractivity contribution is 6.33. The molecule has 0 radical (unpaired) electrons. The van der Waals surface area contributed by atoms with Gasteiger partial charge >= 0.3 is 0 Å². The number of hydrogen-bond donors (Lipinski definition) is 1. The van der Waals surface area contributed by atoms with Crippen LogP contribution in [-0.4, -0.2) is 13.2 Å². The Morgan fingerprint density at radius 2 is 2.05 bits per heavy atom. The highest BCUT2D eigenvalue weighted by Gasteiger charge is 2.11. The minimum Gasteiger partial charge on any atom is -0.493 e. The van der Waals surface area contributed by atoms with Gasteiger partial charge in [-0.1, -0.05) is 35.9 Å². The van der Waals surface area contributed by atoms with Gasteiger partial charge in [0.2, 0.25) is 0 Å². The molecule has 2 nitrogen and oxygen atoms in total. The summed E-state index contributed by atoms with van der Waals surface area (Å²) in [5, 5.41) is 4.13. The van der Waals surface area contributed by atoms with Crippen molar-refractivity contribution in [1.29, 1.82) is 0 Å². The van der Waals surface area contributed by atoms with Crippen LogP contribution in [-0.2, 0) is 12.8 Å². The summed E-state index contributed by atoms with van der Waals surface area (Å²) in [6.45, 7) is 1.69. The normalized spacial score (nSPS) is 12.9. The average Bonchev–Trinajstić information content (AvgIpc) is 2.88. The van der Waals surface area contributed by atoms with Crippen LogP contribution in [0.15, 0.2) is 42.5 Å². The van der Waals surface area contributed by atoms with Crippen LogP contribution in [0, 0.1) is 0 Å². The molecule has 1 aliphatic heterocycles. The van der Waals surface area contributed by atoms with Crippen molar-refractivity contribution in [3.05, 3.63) is 58.6 Å². The molecular weight excluding hydrogens is 258 g/mol. The van der Waals surface area contributed by atoms with Crippen molar-refractivity contribution in [2.45, 2.75) is 12.8 Å². The maximum Gasteiger partial charge on any atom is 0.122 e. The number of hydrogen-bond acceptors (Lipinski definition) is 2. The molecule has 3 rings (SSSR count). The van der Waals surface area contributed by atoms with E-state index in [1.165, 1.54) is 11.1 Å². The van der Waals surface area contributed by atoms with Gasteiger partial charge in [0.15, 0.2) is 0 Å². The molecule has 0 saturated heterocycles. The molecule has 0 spiro atoms. The lowest BCUT2D eigenvalue weighted by Gasteiger charge is -2.08. The molecule has 2 aromatic rings. The largest absolute Gasteiger partial charge is 0.493 e. The Morgan fingerprint density at radius 3 is 2.95 bits per heavy atom. The predicted octanol–water partition coefficient (Wildman–Crippen LogP) is 3.93. The van der Waals surface area contributed by atoms with Crippen LogP contribution in [0.3, 0.4) is 0 Å². The third-order valence-electron chi connectivity index (χ3n) is 3.36. The first kappa shape index (κ1) is 12.4. The number of fused-ring (bicyclic) bond motifs is 1. The van der Waals surface area contributed by atoms with Crippen LogP contribution in [0.25, 0.3) is 0 Å². The number of benzene rings is 2. The molecule has 3 heteroatoms. The Morgan fingerprint density at radius 1 is 1.16 bits per heavy atom. The average molecular weight is 274 g/mol. The van der Waals surface area contributed by atoms with Gasteiger partial charge < -0.3 is 10.1 Å². The maximum absolute atomic E-state index is 6.10. The second-order valence-corrected chi connectivity index (χ2v) is 5.10. The van der Waals surface area contributed by atoms with Crippen LogP contribution in [0.2, 0.25) is 5.02 Å². The van der Waals surface area contributed by atoms with Crippen molar-refractivity contribution in [3.8, 4) is 5.75 Å². The summed E-state index contributed by atoms with van der Waals surface area (Å²) in [6, 6.07) is 14.3.